The number of oxime groups is 1. The van der Waals surface area contributed by atoms with Crippen LogP contribution in [0.5, 0.6) is 11.5 Å². The molecule has 0 saturated carbocycles. The minimum atomic E-state index is -0.432. The van der Waals surface area contributed by atoms with Crippen molar-refractivity contribution in [1.29, 1.82) is 0 Å². The van der Waals surface area contributed by atoms with E-state index in [1.807, 2.05) is 0 Å². The largest absolute Gasteiger partial charge is 0.508 e. The van der Waals surface area contributed by atoms with Crippen molar-refractivity contribution < 1.29 is 20.2 Å². The molecule has 5 N–H and O–H groups in total. The van der Waals surface area contributed by atoms with Crippen LogP contribution in [0, 0.1) is 5.92 Å². The Balaban J connectivity index is 2.95. The summed E-state index contributed by atoms with van der Waals surface area (Å²) < 4.78 is 0. The van der Waals surface area contributed by atoms with Gasteiger partial charge < -0.3 is 26.1 Å². The first-order valence-corrected chi connectivity index (χ1v) is 6.19. The normalized spacial score (nSPS) is 13.0. The average molecular weight is 281 g/mol. The number of nitrogens with zero attached hydrogens (tertiary/aromatic N) is 2. The number of aromatic hydroxyl groups is 2. The first kappa shape index (κ1) is 15.6. The minimum absolute atomic E-state index is 0.0126. The first-order valence-electron chi connectivity index (χ1n) is 6.19. The topological polar surface area (TPSA) is 119 Å². The SMILES string of the molecule is CCN(CC(C)/C(N)=N/O)C(=O)c1cc(O)ccc1O. The van der Waals surface area contributed by atoms with E-state index >= 15 is 0 Å². The van der Waals surface area contributed by atoms with Crippen LogP contribution < -0.4 is 5.73 Å². The standard InChI is InChI=1S/C13H19N3O4/c1-3-16(7-8(2)12(14)15-20)13(19)10-6-9(17)4-5-11(10)18/h4-6,8,17-18,20H,3,7H2,1-2H3,(H2,14,15). The van der Waals surface area contributed by atoms with Crippen LogP contribution in [0.3, 0.4) is 0 Å². The minimum Gasteiger partial charge on any atom is -0.508 e. The summed E-state index contributed by atoms with van der Waals surface area (Å²) >= 11 is 0. The number of amides is 1. The molecule has 0 spiro atoms. The van der Waals surface area contributed by atoms with Crippen molar-refractivity contribution in [2.75, 3.05) is 13.1 Å². The first-order chi connectivity index (χ1) is 9.40. The third kappa shape index (κ3) is 3.53. The summed E-state index contributed by atoms with van der Waals surface area (Å²) in [5.41, 5.74) is 5.50. The van der Waals surface area contributed by atoms with Crippen molar-refractivity contribution in [3.8, 4) is 11.5 Å². The molecule has 1 atom stereocenters. The van der Waals surface area contributed by atoms with Crippen molar-refractivity contribution in [2.45, 2.75) is 13.8 Å². The summed E-state index contributed by atoms with van der Waals surface area (Å²) in [4.78, 5) is 13.7. The molecule has 0 aliphatic rings. The number of benzene rings is 1. The van der Waals surface area contributed by atoms with Gasteiger partial charge in [-0.05, 0) is 25.1 Å². The predicted molar refractivity (Wildman–Crippen MR) is 73.9 cm³/mol. The molecule has 0 aliphatic carbocycles. The van der Waals surface area contributed by atoms with Crippen LogP contribution in [0.4, 0.5) is 0 Å². The van der Waals surface area contributed by atoms with Gasteiger partial charge in [0.15, 0.2) is 0 Å². The fraction of sp³-hybridized carbons (Fsp3) is 0.385. The van der Waals surface area contributed by atoms with Crippen LogP contribution in [0.25, 0.3) is 0 Å². The molecule has 20 heavy (non-hydrogen) atoms. The van der Waals surface area contributed by atoms with Gasteiger partial charge in [0.25, 0.3) is 5.91 Å². The van der Waals surface area contributed by atoms with Gasteiger partial charge in [-0.3, -0.25) is 4.79 Å². The van der Waals surface area contributed by atoms with Crippen LogP contribution in [-0.2, 0) is 0 Å². The molecular weight excluding hydrogens is 262 g/mol. The molecule has 7 nitrogen and oxygen atoms in total. The van der Waals surface area contributed by atoms with Crippen LogP contribution >= 0.6 is 0 Å². The molecule has 0 heterocycles. The number of hydrogen-bond donors (Lipinski definition) is 4. The number of carbonyl (C=O) groups is 1. The van der Waals surface area contributed by atoms with E-state index < -0.39 is 5.91 Å². The molecule has 0 aromatic heterocycles. The molecule has 7 heteroatoms. The summed E-state index contributed by atoms with van der Waals surface area (Å²) in [6.07, 6.45) is 0. The quantitative estimate of drug-likeness (QED) is 0.210. The van der Waals surface area contributed by atoms with E-state index in [0.29, 0.717) is 6.54 Å². The molecular formula is C13H19N3O4. The Morgan fingerprint density at radius 3 is 2.65 bits per heavy atom. The van der Waals surface area contributed by atoms with Crippen molar-refractivity contribution in [3.05, 3.63) is 23.8 Å². The molecule has 1 amide bonds. The highest BCUT2D eigenvalue weighted by atomic mass is 16.4. The van der Waals surface area contributed by atoms with Crippen LogP contribution in [0.1, 0.15) is 24.2 Å². The fourth-order valence-corrected chi connectivity index (χ4v) is 1.74. The third-order valence-corrected chi connectivity index (χ3v) is 2.99. The van der Waals surface area contributed by atoms with Gasteiger partial charge in [-0.1, -0.05) is 12.1 Å². The number of amidine groups is 1. The van der Waals surface area contributed by atoms with Crippen molar-refractivity contribution in [1.82, 2.24) is 4.90 Å². The lowest BCUT2D eigenvalue weighted by molar-refractivity contribution is 0.0750. The lowest BCUT2D eigenvalue weighted by Gasteiger charge is -2.24. The van der Waals surface area contributed by atoms with E-state index in [1.165, 1.54) is 23.1 Å². The molecule has 0 aliphatic heterocycles. The third-order valence-electron chi connectivity index (χ3n) is 2.99. The number of hydrogen-bond acceptors (Lipinski definition) is 5. The molecule has 1 unspecified atom stereocenters. The summed E-state index contributed by atoms with van der Waals surface area (Å²) in [5, 5.41) is 30.6. The fourth-order valence-electron chi connectivity index (χ4n) is 1.74. The predicted octanol–water partition coefficient (Wildman–Crippen LogP) is 0.942. The second-order valence-corrected chi connectivity index (χ2v) is 4.47. The van der Waals surface area contributed by atoms with Gasteiger partial charge in [0.1, 0.15) is 17.3 Å². The highest BCUT2D eigenvalue weighted by molar-refractivity contribution is 5.97. The Bertz CT molecular complexity index is 516. The number of carbonyl (C=O) groups excluding carboxylic acids is 1. The van der Waals surface area contributed by atoms with Gasteiger partial charge in [-0.25, -0.2) is 0 Å². The summed E-state index contributed by atoms with van der Waals surface area (Å²) in [6.45, 7) is 4.11. The molecule has 1 rings (SSSR count). The zero-order chi connectivity index (χ0) is 15.3. The zero-order valence-electron chi connectivity index (χ0n) is 11.4. The number of nitrogens with two attached hydrogens (primary N) is 1. The second-order valence-electron chi connectivity index (χ2n) is 4.47. The highest BCUT2D eigenvalue weighted by Gasteiger charge is 2.21. The Labute approximate surface area is 116 Å². The Hall–Kier alpha value is -2.44. The van der Waals surface area contributed by atoms with Crippen LogP contribution in [0.15, 0.2) is 23.4 Å². The summed E-state index contributed by atoms with van der Waals surface area (Å²) in [5.74, 6) is -1.05. The van der Waals surface area contributed by atoms with Gasteiger partial charge in [-0.15, -0.1) is 0 Å². The maximum Gasteiger partial charge on any atom is 0.257 e. The average Bonchev–Trinajstić information content (AvgIpc) is 2.45. The molecule has 0 saturated heterocycles. The molecule has 1 aromatic rings. The van der Waals surface area contributed by atoms with Gasteiger partial charge in [0.2, 0.25) is 0 Å². The van der Waals surface area contributed by atoms with Gasteiger partial charge in [-0.2, -0.15) is 0 Å². The van der Waals surface area contributed by atoms with Crippen molar-refractivity contribution >= 4 is 11.7 Å². The Morgan fingerprint density at radius 1 is 1.45 bits per heavy atom. The van der Waals surface area contributed by atoms with E-state index in [0.717, 1.165) is 0 Å². The van der Waals surface area contributed by atoms with Crippen molar-refractivity contribution in [3.63, 3.8) is 0 Å². The van der Waals surface area contributed by atoms with E-state index in [4.69, 9.17) is 10.9 Å². The van der Waals surface area contributed by atoms with Crippen LogP contribution in [-0.4, -0.2) is 45.2 Å². The lowest BCUT2D eigenvalue weighted by Crippen LogP contribution is -2.38. The van der Waals surface area contributed by atoms with Gasteiger partial charge in [0, 0.05) is 19.0 Å². The molecule has 0 bridgehead atoms. The molecule has 110 valence electrons. The highest BCUT2D eigenvalue weighted by Crippen LogP contribution is 2.23. The monoisotopic (exact) mass is 281 g/mol. The van der Waals surface area contributed by atoms with Crippen LogP contribution in [0.2, 0.25) is 0 Å². The number of phenolic OH excluding ortho intramolecular Hbond substituents is 2. The van der Waals surface area contributed by atoms with Crippen molar-refractivity contribution in [2.24, 2.45) is 16.8 Å². The second kappa shape index (κ2) is 6.65. The Morgan fingerprint density at radius 2 is 2.10 bits per heavy atom. The lowest BCUT2D eigenvalue weighted by atomic mass is 10.1. The maximum absolute atomic E-state index is 12.3. The summed E-state index contributed by atoms with van der Waals surface area (Å²) in [7, 11) is 0. The molecule has 1 aromatic carbocycles. The Kier molecular flexibility index (Phi) is 5.19. The number of rotatable bonds is 5. The zero-order valence-corrected chi connectivity index (χ0v) is 11.4. The molecule has 0 fully saturated rings. The van der Waals surface area contributed by atoms with Gasteiger partial charge >= 0.3 is 0 Å². The number of phenols is 2. The van der Waals surface area contributed by atoms with Gasteiger partial charge in [0.05, 0.1) is 5.56 Å². The van der Waals surface area contributed by atoms with E-state index in [2.05, 4.69) is 5.16 Å². The smallest absolute Gasteiger partial charge is 0.257 e. The van der Waals surface area contributed by atoms with E-state index in [-0.39, 0.29) is 35.4 Å². The maximum atomic E-state index is 12.3. The van der Waals surface area contributed by atoms with E-state index in [9.17, 15) is 15.0 Å². The van der Waals surface area contributed by atoms with E-state index in [1.54, 1.807) is 13.8 Å². The summed E-state index contributed by atoms with van der Waals surface area (Å²) in [6, 6.07) is 3.75. The molecule has 0 radical (unpaired) electrons.